The maximum atomic E-state index is 12.4. The monoisotopic (exact) mass is 347 g/mol. The maximum absolute atomic E-state index is 12.4. The zero-order valence-electron chi connectivity index (χ0n) is 14.1. The number of halogens is 1. The number of carbonyl (C=O) groups excluding carboxylic acids is 1. The molecule has 0 heterocycles. The first-order chi connectivity index (χ1) is 11.6. The molecule has 0 saturated carbocycles. The van der Waals surface area contributed by atoms with Gasteiger partial charge in [0.1, 0.15) is 0 Å². The van der Waals surface area contributed by atoms with Crippen molar-refractivity contribution in [3.05, 3.63) is 58.6 Å². The Morgan fingerprint density at radius 2 is 1.75 bits per heavy atom. The molecule has 0 aliphatic carbocycles. The van der Waals surface area contributed by atoms with E-state index in [2.05, 4.69) is 5.32 Å². The number of rotatable bonds is 7. The molecular formula is C19H22ClNO3. The fourth-order valence-corrected chi connectivity index (χ4v) is 2.56. The summed E-state index contributed by atoms with van der Waals surface area (Å²) in [5.74, 6) is 1.17. The summed E-state index contributed by atoms with van der Waals surface area (Å²) in [4.78, 5) is 12.4. The predicted octanol–water partition coefficient (Wildman–Crippen LogP) is 4.63. The van der Waals surface area contributed by atoms with Crippen molar-refractivity contribution in [1.82, 2.24) is 5.32 Å². The molecule has 0 aromatic heterocycles. The van der Waals surface area contributed by atoms with Crippen LogP contribution >= 0.6 is 11.6 Å². The van der Waals surface area contributed by atoms with Crippen LogP contribution in [0.25, 0.3) is 0 Å². The Kier molecular flexibility index (Phi) is 6.50. The van der Waals surface area contributed by atoms with Crippen LogP contribution in [0, 0.1) is 0 Å². The summed E-state index contributed by atoms with van der Waals surface area (Å²) in [6.45, 7) is 6.88. The highest BCUT2D eigenvalue weighted by Gasteiger charge is 2.15. The molecule has 128 valence electrons. The van der Waals surface area contributed by atoms with E-state index in [9.17, 15) is 4.79 Å². The molecule has 0 bridgehead atoms. The number of hydrogen-bond donors (Lipinski definition) is 1. The van der Waals surface area contributed by atoms with E-state index in [0.29, 0.717) is 35.3 Å². The Morgan fingerprint density at radius 3 is 2.42 bits per heavy atom. The van der Waals surface area contributed by atoms with E-state index >= 15 is 0 Å². The molecule has 0 saturated heterocycles. The van der Waals surface area contributed by atoms with Crippen molar-refractivity contribution < 1.29 is 14.3 Å². The Hall–Kier alpha value is -2.20. The minimum absolute atomic E-state index is 0.191. The number of amides is 1. The first kappa shape index (κ1) is 18.1. The van der Waals surface area contributed by atoms with Gasteiger partial charge in [-0.05, 0) is 50.6 Å². The van der Waals surface area contributed by atoms with E-state index < -0.39 is 0 Å². The van der Waals surface area contributed by atoms with Gasteiger partial charge in [0.15, 0.2) is 11.5 Å². The summed E-state index contributed by atoms with van der Waals surface area (Å²) in [6.07, 6.45) is 0. The summed E-state index contributed by atoms with van der Waals surface area (Å²) in [5.41, 5.74) is 1.39. The average molecular weight is 348 g/mol. The molecule has 0 fully saturated rings. The smallest absolute Gasteiger partial charge is 0.253 e. The van der Waals surface area contributed by atoms with Gasteiger partial charge in [-0.15, -0.1) is 0 Å². The first-order valence-electron chi connectivity index (χ1n) is 8.01. The lowest BCUT2D eigenvalue weighted by Crippen LogP contribution is -2.26. The van der Waals surface area contributed by atoms with Crippen molar-refractivity contribution >= 4 is 17.5 Å². The molecule has 2 aromatic carbocycles. The van der Waals surface area contributed by atoms with Gasteiger partial charge in [0, 0.05) is 0 Å². The number of hydrogen-bond acceptors (Lipinski definition) is 3. The van der Waals surface area contributed by atoms with E-state index in [4.69, 9.17) is 21.1 Å². The van der Waals surface area contributed by atoms with Crippen molar-refractivity contribution in [3.8, 4) is 11.5 Å². The standard InChI is InChI=1S/C19H22ClNO3/c1-4-23-17-11-10-14(12-18(17)24-5-2)13(3)21-19(22)15-8-6-7-9-16(15)20/h6-13H,4-5H2,1-3H3,(H,21,22)/t13-/m1/s1. The Bertz CT molecular complexity index is 703. The SMILES string of the molecule is CCOc1ccc([C@@H](C)NC(=O)c2ccccc2Cl)cc1OCC. The van der Waals surface area contributed by atoms with Gasteiger partial charge in [-0.1, -0.05) is 29.8 Å². The van der Waals surface area contributed by atoms with Gasteiger partial charge in [0.2, 0.25) is 0 Å². The third-order valence-electron chi connectivity index (χ3n) is 3.53. The topological polar surface area (TPSA) is 47.6 Å². The van der Waals surface area contributed by atoms with Crippen LogP contribution in [-0.4, -0.2) is 19.1 Å². The highest BCUT2D eigenvalue weighted by Crippen LogP contribution is 2.31. The summed E-state index contributed by atoms with van der Waals surface area (Å²) in [5, 5.41) is 3.39. The molecule has 1 N–H and O–H groups in total. The fourth-order valence-electron chi connectivity index (χ4n) is 2.34. The second-order valence-corrected chi connectivity index (χ2v) is 5.65. The predicted molar refractivity (Wildman–Crippen MR) is 96.1 cm³/mol. The molecule has 0 aliphatic heterocycles. The number of carbonyl (C=O) groups is 1. The third-order valence-corrected chi connectivity index (χ3v) is 3.86. The van der Waals surface area contributed by atoms with E-state index in [0.717, 1.165) is 5.56 Å². The maximum Gasteiger partial charge on any atom is 0.253 e. The lowest BCUT2D eigenvalue weighted by atomic mass is 10.1. The van der Waals surface area contributed by atoms with E-state index in [1.54, 1.807) is 24.3 Å². The molecule has 1 atom stereocenters. The van der Waals surface area contributed by atoms with Crippen molar-refractivity contribution in [3.63, 3.8) is 0 Å². The molecule has 2 rings (SSSR count). The van der Waals surface area contributed by atoms with Gasteiger partial charge < -0.3 is 14.8 Å². The Labute approximate surface area is 147 Å². The minimum Gasteiger partial charge on any atom is -0.490 e. The molecule has 1 amide bonds. The first-order valence-corrected chi connectivity index (χ1v) is 8.39. The van der Waals surface area contributed by atoms with Crippen LogP contribution in [-0.2, 0) is 0 Å². The zero-order chi connectivity index (χ0) is 17.5. The van der Waals surface area contributed by atoms with Crippen molar-refractivity contribution in [2.24, 2.45) is 0 Å². The van der Waals surface area contributed by atoms with E-state index in [1.807, 2.05) is 39.0 Å². The quantitative estimate of drug-likeness (QED) is 0.794. The fraction of sp³-hybridized carbons (Fsp3) is 0.316. The van der Waals surface area contributed by atoms with Crippen LogP contribution in [0.1, 0.15) is 42.7 Å². The van der Waals surface area contributed by atoms with Gasteiger partial charge in [-0.25, -0.2) is 0 Å². The summed E-state index contributed by atoms with van der Waals surface area (Å²) < 4.78 is 11.2. The molecule has 0 radical (unpaired) electrons. The summed E-state index contributed by atoms with van der Waals surface area (Å²) >= 11 is 6.07. The molecule has 0 spiro atoms. The molecule has 0 unspecified atom stereocenters. The van der Waals surface area contributed by atoms with Crippen LogP contribution in [0.15, 0.2) is 42.5 Å². The second kappa shape index (κ2) is 8.60. The van der Waals surface area contributed by atoms with Gasteiger partial charge in [0.25, 0.3) is 5.91 Å². The summed E-state index contributed by atoms with van der Waals surface area (Å²) in [6, 6.07) is 12.5. The van der Waals surface area contributed by atoms with Crippen molar-refractivity contribution in [1.29, 1.82) is 0 Å². The van der Waals surface area contributed by atoms with Crippen LogP contribution in [0.4, 0.5) is 0 Å². The molecule has 5 heteroatoms. The lowest BCUT2D eigenvalue weighted by molar-refractivity contribution is 0.0940. The molecule has 2 aromatic rings. The van der Waals surface area contributed by atoms with Gasteiger partial charge in [0.05, 0.1) is 29.8 Å². The van der Waals surface area contributed by atoms with Crippen molar-refractivity contribution in [2.75, 3.05) is 13.2 Å². The Morgan fingerprint density at radius 1 is 1.08 bits per heavy atom. The Balaban J connectivity index is 2.17. The van der Waals surface area contributed by atoms with Crippen LogP contribution in [0.2, 0.25) is 5.02 Å². The highest BCUT2D eigenvalue weighted by molar-refractivity contribution is 6.33. The average Bonchev–Trinajstić information content (AvgIpc) is 2.57. The van der Waals surface area contributed by atoms with Gasteiger partial charge >= 0.3 is 0 Å². The third kappa shape index (κ3) is 4.42. The van der Waals surface area contributed by atoms with Gasteiger partial charge in [-0.3, -0.25) is 4.79 Å². The van der Waals surface area contributed by atoms with Gasteiger partial charge in [-0.2, -0.15) is 0 Å². The van der Waals surface area contributed by atoms with Crippen LogP contribution in [0.5, 0.6) is 11.5 Å². The summed E-state index contributed by atoms with van der Waals surface area (Å²) in [7, 11) is 0. The normalized spacial score (nSPS) is 11.7. The lowest BCUT2D eigenvalue weighted by Gasteiger charge is -2.18. The largest absolute Gasteiger partial charge is 0.490 e. The van der Waals surface area contributed by atoms with E-state index in [1.165, 1.54) is 0 Å². The van der Waals surface area contributed by atoms with Crippen molar-refractivity contribution in [2.45, 2.75) is 26.8 Å². The number of benzene rings is 2. The highest BCUT2D eigenvalue weighted by atomic mass is 35.5. The molecule has 24 heavy (non-hydrogen) atoms. The minimum atomic E-state index is -0.208. The molecule has 0 aliphatic rings. The van der Waals surface area contributed by atoms with E-state index in [-0.39, 0.29) is 11.9 Å². The van der Waals surface area contributed by atoms with Crippen LogP contribution in [0.3, 0.4) is 0 Å². The number of ether oxygens (including phenoxy) is 2. The zero-order valence-corrected chi connectivity index (χ0v) is 14.9. The molecular weight excluding hydrogens is 326 g/mol. The second-order valence-electron chi connectivity index (χ2n) is 5.25. The molecule has 4 nitrogen and oxygen atoms in total. The van der Waals surface area contributed by atoms with Crippen LogP contribution < -0.4 is 14.8 Å². The number of nitrogens with one attached hydrogen (secondary N) is 1.